The van der Waals surface area contributed by atoms with Gasteiger partial charge in [-0.3, -0.25) is 4.79 Å². The van der Waals surface area contributed by atoms with Crippen LogP contribution in [0.15, 0.2) is 36.4 Å². The van der Waals surface area contributed by atoms with Crippen LogP contribution >= 0.6 is 11.6 Å². The molecule has 5 nitrogen and oxygen atoms in total. The first-order valence-electron chi connectivity index (χ1n) is 8.08. The van der Waals surface area contributed by atoms with Gasteiger partial charge >= 0.3 is 0 Å². The maximum Gasteiger partial charge on any atom is 0.253 e. The number of hydrogen-bond acceptors (Lipinski definition) is 4. The molecular weight excluding hydrogens is 342 g/mol. The van der Waals surface area contributed by atoms with Gasteiger partial charge in [-0.15, -0.1) is 0 Å². The average Bonchev–Trinajstić information content (AvgIpc) is 2.61. The predicted octanol–water partition coefficient (Wildman–Crippen LogP) is 3.57. The number of fused-ring (bicyclic) bond motifs is 1. The Balaban J connectivity index is 1.61. The van der Waals surface area contributed by atoms with E-state index in [-0.39, 0.29) is 5.91 Å². The van der Waals surface area contributed by atoms with Gasteiger partial charge in [-0.05, 0) is 36.8 Å². The van der Waals surface area contributed by atoms with Gasteiger partial charge in [0.1, 0.15) is 25.6 Å². The molecule has 1 aliphatic rings. The molecule has 0 N–H and O–H groups in total. The number of rotatable bonds is 5. The molecule has 1 heterocycles. The number of hydrogen-bond donors (Lipinski definition) is 0. The first-order chi connectivity index (χ1) is 12.0. The summed E-state index contributed by atoms with van der Waals surface area (Å²) in [6, 6.07) is 11.1. The predicted molar refractivity (Wildman–Crippen MR) is 96.1 cm³/mol. The standard InChI is InChI=1S/C19H20ClNO4/c1-13-4-3-5-15(10-13)23-7-6-21(2)19(22)14-11-16(20)18-17(12-14)24-8-9-25-18/h3-5,10-12H,6-9H2,1-2H3. The van der Waals surface area contributed by atoms with E-state index in [1.54, 1.807) is 24.1 Å². The van der Waals surface area contributed by atoms with E-state index in [2.05, 4.69) is 0 Å². The van der Waals surface area contributed by atoms with Crippen molar-refractivity contribution in [2.75, 3.05) is 33.4 Å². The van der Waals surface area contributed by atoms with Gasteiger partial charge in [0, 0.05) is 12.6 Å². The van der Waals surface area contributed by atoms with Crippen LogP contribution in [0.4, 0.5) is 0 Å². The van der Waals surface area contributed by atoms with E-state index in [0.29, 0.717) is 48.5 Å². The summed E-state index contributed by atoms with van der Waals surface area (Å²) in [5.74, 6) is 1.65. The quantitative estimate of drug-likeness (QED) is 0.816. The number of amides is 1. The number of benzene rings is 2. The van der Waals surface area contributed by atoms with Crippen LogP contribution in [0, 0.1) is 6.92 Å². The molecular formula is C19H20ClNO4. The van der Waals surface area contributed by atoms with E-state index in [4.69, 9.17) is 25.8 Å². The van der Waals surface area contributed by atoms with Crippen molar-refractivity contribution >= 4 is 17.5 Å². The lowest BCUT2D eigenvalue weighted by Crippen LogP contribution is -2.31. The third-order valence-corrected chi connectivity index (χ3v) is 4.16. The van der Waals surface area contributed by atoms with Crippen LogP contribution in [-0.4, -0.2) is 44.2 Å². The second kappa shape index (κ2) is 7.66. The zero-order chi connectivity index (χ0) is 17.8. The van der Waals surface area contributed by atoms with Gasteiger partial charge in [-0.25, -0.2) is 0 Å². The molecule has 0 spiro atoms. The Bertz CT molecular complexity index is 778. The van der Waals surface area contributed by atoms with Crippen molar-refractivity contribution in [1.29, 1.82) is 0 Å². The largest absolute Gasteiger partial charge is 0.492 e. The number of carbonyl (C=O) groups excluding carboxylic acids is 1. The molecule has 2 aromatic carbocycles. The maximum atomic E-state index is 12.6. The molecule has 0 aromatic heterocycles. The van der Waals surface area contributed by atoms with Crippen LogP contribution < -0.4 is 14.2 Å². The molecule has 0 saturated carbocycles. The third kappa shape index (κ3) is 4.17. The Hall–Kier alpha value is -2.40. The highest BCUT2D eigenvalue weighted by atomic mass is 35.5. The Labute approximate surface area is 152 Å². The average molecular weight is 362 g/mol. The fraction of sp³-hybridized carbons (Fsp3) is 0.316. The number of aryl methyl sites for hydroxylation is 1. The number of halogens is 1. The Morgan fingerprint density at radius 2 is 2.04 bits per heavy atom. The van der Waals surface area contributed by atoms with Gasteiger partial charge in [0.15, 0.2) is 11.5 Å². The topological polar surface area (TPSA) is 48.0 Å². The van der Waals surface area contributed by atoms with Gasteiger partial charge < -0.3 is 19.1 Å². The molecule has 0 radical (unpaired) electrons. The minimum Gasteiger partial charge on any atom is -0.492 e. The van der Waals surface area contributed by atoms with Crippen molar-refractivity contribution < 1.29 is 19.0 Å². The van der Waals surface area contributed by atoms with E-state index in [0.717, 1.165) is 11.3 Å². The molecule has 1 amide bonds. The summed E-state index contributed by atoms with van der Waals surface area (Å²) in [5, 5.41) is 0.380. The maximum absolute atomic E-state index is 12.6. The van der Waals surface area contributed by atoms with E-state index < -0.39 is 0 Å². The van der Waals surface area contributed by atoms with E-state index in [1.165, 1.54) is 0 Å². The molecule has 132 valence electrons. The van der Waals surface area contributed by atoms with E-state index in [9.17, 15) is 4.79 Å². The summed E-state index contributed by atoms with van der Waals surface area (Å²) < 4.78 is 16.7. The van der Waals surface area contributed by atoms with E-state index in [1.807, 2.05) is 31.2 Å². The summed E-state index contributed by atoms with van der Waals surface area (Å²) in [5.41, 5.74) is 1.60. The van der Waals surface area contributed by atoms with Gasteiger partial charge in [0.2, 0.25) is 0 Å². The molecule has 0 saturated heterocycles. The highest BCUT2D eigenvalue weighted by molar-refractivity contribution is 6.32. The minimum absolute atomic E-state index is 0.147. The van der Waals surface area contributed by atoms with Crippen LogP contribution in [0.2, 0.25) is 5.02 Å². The summed E-state index contributed by atoms with van der Waals surface area (Å²) >= 11 is 6.19. The lowest BCUT2D eigenvalue weighted by Gasteiger charge is -2.22. The van der Waals surface area contributed by atoms with Gasteiger partial charge in [-0.2, -0.15) is 0 Å². The Morgan fingerprint density at radius 1 is 1.24 bits per heavy atom. The highest BCUT2D eigenvalue weighted by Crippen LogP contribution is 2.38. The second-order valence-electron chi connectivity index (χ2n) is 5.87. The van der Waals surface area contributed by atoms with Crippen molar-refractivity contribution in [3.63, 3.8) is 0 Å². The minimum atomic E-state index is -0.147. The number of carbonyl (C=O) groups is 1. The summed E-state index contributed by atoms with van der Waals surface area (Å²) in [4.78, 5) is 14.2. The molecule has 1 aliphatic heterocycles. The highest BCUT2D eigenvalue weighted by Gasteiger charge is 2.21. The van der Waals surface area contributed by atoms with Crippen molar-refractivity contribution in [2.45, 2.75) is 6.92 Å². The van der Waals surface area contributed by atoms with E-state index >= 15 is 0 Å². The summed E-state index contributed by atoms with van der Waals surface area (Å²) in [7, 11) is 1.73. The molecule has 6 heteroatoms. The fourth-order valence-electron chi connectivity index (χ4n) is 2.56. The van der Waals surface area contributed by atoms with Crippen LogP contribution in [0.5, 0.6) is 17.2 Å². The number of likely N-dealkylation sites (N-methyl/N-ethyl adjacent to an activating group) is 1. The molecule has 0 atom stereocenters. The first-order valence-corrected chi connectivity index (χ1v) is 8.46. The van der Waals surface area contributed by atoms with Gasteiger partial charge in [-0.1, -0.05) is 23.7 Å². The number of nitrogens with zero attached hydrogens (tertiary/aromatic N) is 1. The normalized spacial score (nSPS) is 12.6. The Kier molecular flexibility index (Phi) is 5.34. The first kappa shape index (κ1) is 17.4. The number of ether oxygens (including phenoxy) is 3. The van der Waals surface area contributed by atoms with Crippen LogP contribution in [0.3, 0.4) is 0 Å². The van der Waals surface area contributed by atoms with Crippen LogP contribution in [-0.2, 0) is 0 Å². The summed E-state index contributed by atoms with van der Waals surface area (Å²) in [6.45, 7) is 3.77. The lowest BCUT2D eigenvalue weighted by atomic mass is 10.1. The zero-order valence-corrected chi connectivity index (χ0v) is 15.0. The zero-order valence-electron chi connectivity index (χ0n) is 14.3. The lowest BCUT2D eigenvalue weighted by molar-refractivity contribution is 0.0772. The molecule has 0 aliphatic carbocycles. The van der Waals surface area contributed by atoms with Gasteiger partial charge in [0.05, 0.1) is 11.6 Å². The van der Waals surface area contributed by atoms with Crippen LogP contribution in [0.1, 0.15) is 15.9 Å². The Morgan fingerprint density at radius 3 is 2.84 bits per heavy atom. The fourth-order valence-corrected chi connectivity index (χ4v) is 2.83. The smallest absolute Gasteiger partial charge is 0.253 e. The molecule has 0 bridgehead atoms. The molecule has 25 heavy (non-hydrogen) atoms. The van der Waals surface area contributed by atoms with Gasteiger partial charge in [0.25, 0.3) is 5.91 Å². The third-order valence-electron chi connectivity index (χ3n) is 3.88. The molecule has 0 fully saturated rings. The molecule has 0 unspecified atom stereocenters. The van der Waals surface area contributed by atoms with Crippen molar-refractivity contribution in [3.8, 4) is 17.2 Å². The van der Waals surface area contributed by atoms with Crippen molar-refractivity contribution in [3.05, 3.63) is 52.5 Å². The van der Waals surface area contributed by atoms with Crippen LogP contribution in [0.25, 0.3) is 0 Å². The molecule has 3 rings (SSSR count). The molecule has 2 aromatic rings. The summed E-state index contributed by atoms with van der Waals surface area (Å²) in [6.07, 6.45) is 0. The monoisotopic (exact) mass is 361 g/mol. The van der Waals surface area contributed by atoms with Crippen molar-refractivity contribution in [2.24, 2.45) is 0 Å². The second-order valence-corrected chi connectivity index (χ2v) is 6.28. The SMILES string of the molecule is Cc1cccc(OCCN(C)C(=O)c2cc(Cl)c3c(c2)OCCO3)c1. The van der Waals surface area contributed by atoms with Crippen molar-refractivity contribution in [1.82, 2.24) is 4.90 Å².